The number of rotatable bonds is 4. The van der Waals surface area contributed by atoms with Crippen molar-refractivity contribution >= 4 is 11.8 Å². The van der Waals surface area contributed by atoms with Crippen LogP contribution in [0.3, 0.4) is 0 Å². The largest absolute Gasteiger partial charge is 0.464 e. The van der Waals surface area contributed by atoms with E-state index < -0.39 is 5.97 Å². The summed E-state index contributed by atoms with van der Waals surface area (Å²) in [6.07, 6.45) is 1.98. The normalized spacial score (nSPS) is 10.6. The molecule has 0 saturated heterocycles. The molecular formula is C15H19N3O2. The molecule has 0 bridgehead atoms. The monoisotopic (exact) mass is 273 g/mol. The van der Waals surface area contributed by atoms with E-state index in [1.165, 1.54) is 12.7 Å². The van der Waals surface area contributed by atoms with E-state index in [-0.39, 0.29) is 5.69 Å². The molecule has 0 aliphatic heterocycles. The van der Waals surface area contributed by atoms with E-state index in [9.17, 15) is 4.79 Å². The number of aromatic nitrogens is 2. The molecule has 2 N–H and O–H groups in total. The van der Waals surface area contributed by atoms with Gasteiger partial charge in [0.05, 0.1) is 12.8 Å². The second kappa shape index (κ2) is 5.77. The molecular weight excluding hydrogens is 254 g/mol. The van der Waals surface area contributed by atoms with Gasteiger partial charge in [0.15, 0.2) is 5.69 Å². The van der Waals surface area contributed by atoms with Crippen molar-refractivity contribution in [2.75, 3.05) is 12.8 Å². The molecule has 0 fully saturated rings. The number of anilines is 1. The van der Waals surface area contributed by atoms with Crippen LogP contribution < -0.4 is 5.73 Å². The quantitative estimate of drug-likeness (QED) is 0.869. The number of carbonyl (C=O) groups is 1. The summed E-state index contributed by atoms with van der Waals surface area (Å²) in [7, 11) is 1.32. The summed E-state index contributed by atoms with van der Waals surface area (Å²) >= 11 is 0. The predicted octanol–water partition coefficient (Wildman–Crippen LogP) is 2.50. The zero-order valence-electron chi connectivity index (χ0n) is 12.0. The first kappa shape index (κ1) is 14.1. The molecule has 0 spiro atoms. The average Bonchev–Trinajstić information content (AvgIpc) is 2.74. The van der Waals surface area contributed by atoms with Gasteiger partial charge in [0.1, 0.15) is 11.6 Å². The van der Waals surface area contributed by atoms with Gasteiger partial charge in [0.25, 0.3) is 0 Å². The Kier molecular flexibility index (Phi) is 4.08. The smallest absolute Gasteiger partial charge is 0.360 e. The Morgan fingerprint density at radius 1 is 1.40 bits per heavy atom. The van der Waals surface area contributed by atoms with Crippen molar-refractivity contribution < 1.29 is 9.53 Å². The summed E-state index contributed by atoms with van der Waals surface area (Å²) in [4.78, 5) is 15.9. The minimum atomic E-state index is -0.516. The van der Waals surface area contributed by atoms with Crippen LogP contribution in [0.2, 0.25) is 0 Å². The van der Waals surface area contributed by atoms with Crippen LogP contribution in [0.25, 0.3) is 5.69 Å². The molecule has 20 heavy (non-hydrogen) atoms. The summed E-state index contributed by atoms with van der Waals surface area (Å²) in [5.41, 5.74) is 8.38. The van der Waals surface area contributed by atoms with Crippen molar-refractivity contribution in [3.63, 3.8) is 0 Å². The van der Waals surface area contributed by atoms with Gasteiger partial charge in [-0.3, -0.25) is 4.57 Å². The number of nitrogens with zero attached hydrogens (tertiary/aromatic N) is 2. The van der Waals surface area contributed by atoms with Gasteiger partial charge >= 0.3 is 5.97 Å². The lowest BCUT2D eigenvalue weighted by Crippen LogP contribution is -2.09. The van der Waals surface area contributed by atoms with Gasteiger partial charge in [-0.05, 0) is 25.0 Å². The molecule has 5 heteroatoms. The third-order valence-corrected chi connectivity index (χ3v) is 3.21. The first-order chi connectivity index (χ1) is 9.60. The van der Waals surface area contributed by atoms with Gasteiger partial charge in [-0.15, -0.1) is 0 Å². The van der Waals surface area contributed by atoms with Crippen molar-refractivity contribution in [2.24, 2.45) is 0 Å². The molecule has 0 aliphatic carbocycles. The molecule has 5 nitrogen and oxygen atoms in total. The van der Waals surface area contributed by atoms with E-state index >= 15 is 0 Å². The molecule has 0 saturated carbocycles. The van der Waals surface area contributed by atoms with Crippen molar-refractivity contribution in [3.05, 3.63) is 41.3 Å². The lowest BCUT2D eigenvalue weighted by Gasteiger charge is -2.12. The number of hydrogen-bond acceptors (Lipinski definition) is 4. The Morgan fingerprint density at radius 3 is 2.75 bits per heavy atom. The molecule has 106 valence electrons. The Bertz CT molecular complexity index is 632. The maximum Gasteiger partial charge on any atom is 0.360 e. The number of nitrogen functional groups attached to an aromatic ring is 1. The van der Waals surface area contributed by atoms with Gasteiger partial charge in [-0.1, -0.05) is 31.5 Å². The van der Waals surface area contributed by atoms with Crippen LogP contribution in [0.5, 0.6) is 0 Å². The fourth-order valence-electron chi connectivity index (χ4n) is 2.31. The van der Waals surface area contributed by atoms with E-state index in [0.29, 0.717) is 11.6 Å². The van der Waals surface area contributed by atoms with Crippen molar-refractivity contribution in [3.8, 4) is 5.69 Å². The number of imidazole rings is 1. The minimum Gasteiger partial charge on any atom is -0.464 e. The van der Waals surface area contributed by atoms with Crippen LogP contribution in [-0.4, -0.2) is 22.6 Å². The summed E-state index contributed by atoms with van der Waals surface area (Å²) in [5.74, 6) is 0.474. The number of para-hydroxylation sites is 1. The van der Waals surface area contributed by atoms with E-state index in [2.05, 4.69) is 18.0 Å². The summed E-state index contributed by atoms with van der Waals surface area (Å²) in [6, 6.07) is 8.00. The molecule has 1 aromatic heterocycles. The minimum absolute atomic E-state index is 0.163. The third-order valence-electron chi connectivity index (χ3n) is 3.21. The highest BCUT2D eigenvalue weighted by Crippen LogP contribution is 2.24. The number of benzene rings is 1. The van der Waals surface area contributed by atoms with Gasteiger partial charge in [-0.2, -0.15) is 0 Å². The second-order valence-corrected chi connectivity index (χ2v) is 4.60. The van der Waals surface area contributed by atoms with Crippen molar-refractivity contribution in [1.82, 2.24) is 9.55 Å². The van der Waals surface area contributed by atoms with Crippen molar-refractivity contribution in [1.29, 1.82) is 0 Å². The highest BCUT2D eigenvalue weighted by molar-refractivity contribution is 5.92. The van der Waals surface area contributed by atoms with Gasteiger partial charge in [-0.25, -0.2) is 9.78 Å². The Balaban J connectivity index is 2.59. The fraction of sp³-hybridized carbons (Fsp3) is 0.333. The maximum absolute atomic E-state index is 11.7. The van der Waals surface area contributed by atoms with Crippen LogP contribution >= 0.6 is 0 Å². The zero-order chi connectivity index (χ0) is 14.7. The van der Waals surface area contributed by atoms with Crippen LogP contribution in [0.1, 0.15) is 35.2 Å². The number of methoxy groups -OCH3 is 1. The number of carbonyl (C=O) groups excluding carboxylic acids is 1. The van der Waals surface area contributed by atoms with Crippen LogP contribution in [0.15, 0.2) is 24.3 Å². The van der Waals surface area contributed by atoms with Crippen LogP contribution in [0, 0.1) is 6.92 Å². The first-order valence-corrected chi connectivity index (χ1v) is 6.61. The average molecular weight is 273 g/mol. The second-order valence-electron chi connectivity index (χ2n) is 4.60. The lowest BCUT2D eigenvalue weighted by molar-refractivity contribution is 0.0596. The first-order valence-electron chi connectivity index (χ1n) is 6.61. The Morgan fingerprint density at radius 2 is 2.10 bits per heavy atom. The predicted molar refractivity (Wildman–Crippen MR) is 78.0 cm³/mol. The maximum atomic E-state index is 11.7. The summed E-state index contributed by atoms with van der Waals surface area (Å²) in [6.45, 7) is 3.95. The molecule has 0 atom stereocenters. The highest BCUT2D eigenvalue weighted by Gasteiger charge is 2.20. The molecule has 1 heterocycles. The molecule has 0 amide bonds. The standard InChI is InChI=1S/C15H19N3O2/c1-4-7-11-8-5-6-9-12(11)18-10(2)17-13(14(18)16)15(19)20-3/h5-6,8-9H,4,7,16H2,1-3H3. The van der Waals surface area contributed by atoms with E-state index in [0.717, 1.165) is 18.5 Å². The Hall–Kier alpha value is -2.30. The molecule has 0 radical (unpaired) electrons. The van der Waals surface area contributed by atoms with Crippen LogP contribution in [0.4, 0.5) is 5.82 Å². The number of ether oxygens (including phenoxy) is 1. The number of hydrogen-bond donors (Lipinski definition) is 1. The number of aryl methyl sites for hydroxylation is 2. The molecule has 0 aliphatic rings. The topological polar surface area (TPSA) is 70.1 Å². The lowest BCUT2D eigenvalue weighted by atomic mass is 10.1. The SMILES string of the molecule is CCCc1ccccc1-n1c(C)nc(C(=O)OC)c1N. The van der Waals surface area contributed by atoms with Crippen molar-refractivity contribution in [2.45, 2.75) is 26.7 Å². The highest BCUT2D eigenvalue weighted by atomic mass is 16.5. The van der Waals surface area contributed by atoms with Gasteiger partial charge < -0.3 is 10.5 Å². The van der Waals surface area contributed by atoms with Gasteiger partial charge in [0, 0.05) is 0 Å². The fourth-order valence-corrected chi connectivity index (χ4v) is 2.31. The number of nitrogens with two attached hydrogens (primary N) is 1. The van der Waals surface area contributed by atoms with Crippen LogP contribution in [-0.2, 0) is 11.2 Å². The number of esters is 1. The third kappa shape index (κ3) is 2.39. The Labute approximate surface area is 118 Å². The molecule has 0 unspecified atom stereocenters. The summed E-state index contributed by atoms with van der Waals surface area (Å²) in [5, 5.41) is 0. The molecule has 1 aromatic carbocycles. The summed E-state index contributed by atoms with van der Waals surface area (Å²) < 4.78 is 6.51. The van der Waals surface area contributed by atoms with E-state index in [4.69, 9.17) is 10.5 Å². The zero-order valence-corrected chi connectivity index (χ0v) is 12.0. The molecule has 2 rings (SSSR count). The van der Waals surface area contributed by atoms with Gasteiger partial charge in [0.2, 0.25) is 0 Å². The molecule has 2 aromatic rings. The van der Waals surface area contributed by atoms with E-state index in [1.807, 2.05) is 25.1 Å². The van der Waals surface area contributed by atoms with E-state index in [1.54, 1.807) is 4.57 Å².